The Kier molecular flexibility index (Phi) is 5.72. The Morgan fingerprint density at radius 2 is 1.95 bits per heavy atom. The van der Waals surface area contributed by atoms with Gasteiger partial charge in [0, 0.05) is 30.6 Å². The van der Waals surface area contributed by atoms with E-state index in [-0.39, 0.29) is 0 Å². The molecule has 0 bridgehead atoms. The summed E-state index contributed by atoms with van der Waals surface area (Å²) < 4.78 is 26.4. The van der Waals surface area contributed by atoms with Crippen molar-refractivity contribution >= 4 is 27.0 Å². The zero-order valence-corrected chi connectivity index (χ0v) is 13.5. The van der Waals surface area contributed by atoms with Gasteiger partial charge in [-0.1, -0.05) is 6.92 Å². The largest absolute Gasteiger partial charge is 0.385 e. The molecule has 0 saturated carbocycles. The molecule has 5 nitrogen and oxygen atoms in total. The number of nitrogens with one attached hydrogen (secondary N) is 2. The van der Waals surface area contributed by atoms with Crippen LogP contribution in [0.25, 0.3) is 0 Å². The molecule has 0 aliphatic rings. The fraction of sp³-hybridized carbons (Fsp3) is 0.357. The highest BCUT2D eigenvalue weighted by Gasteiger charge is 2.12. The average Bonchev–Trinajstić information content (AvgIpc) is 2.99. The molecular formula is C14H19N3O2S2. The summed E-state index contributed by atoms with van der Waals surface area (Å²) in [4.78, 5) is 4.51. The van der Waals surface area contributed by atoms with Crippen molar-refractivity contribution in [3.8, 4) is 0 Å². The smallest absolute Gasteiger partial charge is 0.240 e. The first kappa shape index (κ1) is 15.9. The molecule has 2 rings (SSSR count). The first-order valence-corrected chi connectivity index (χ1v) is 9.25. The fourth-order valence-corrected chi connectivity index (χ4v) is 3.49. The number of sulfonamides is 1. The van der Waals surface area contributed by atoms with Crippen LogP contribution in [0.4, 0.5) is 5.69 Å². The Hall–Kier alpha value is -1.44. The molecule has 2 aromatic rings. The van der Waals surface area contributed by atoms with Crippen LogP contribution in [-0.2, 0) is 16.4 Å². The number of nitrogens with zero attached hydrogens (tertiary/aromatic N) is 1. The van der Waals surface area contributed by atoms with Crippen molar-refractivity contribution in [1.82, 2.24) is 9.71 Å². The lowest BCUT2D eigenvalue weighted by Gasteiger charge is -2.08. The van der Waals surface area contributed by atoms with E-state index in [9.17, 15) is 8.42 Å². The van der Waals surface area contributed by atoms with Crippen LogP contribution < -0.4 is 10.0 Å². The Balaban J connectivity index is 1.89. The molecular weight excluding hydrogens is 306 g/mol. The van der Waals surface area contributed by atoms with Crippen molar-refractivity contribution in [2.45, 2.75) is 24.7 Å². The van der Waals surface area contributed by atoms with Crippen molar-refractivity contribution in [1.29, 1.82) is 0 Å². The van der Waals surface area contributed by atoms with E-state index in [1.54, 1.807) is 35.6 Å². The summed E-state index contributed by atoms with van der Waals surface area (Å²) in [5.74, 6) is 0. The Labute approximate surface area is 129 Å². The van der Waals surface area contributed by atoms with E-state index >= 15 is 0 Å². The van der Waals surface area contributed by atoms with Gasteiger partial charge in [-0.05, 0) is 30.7 Å². The zero-order chi connectivity index (χ0) is 15.1. The second kappa shape index (κ2) is 7.53. The van der Waals surface area contributed by atoms with Crippen molar-refractivity contribution in [2.24, 2.45) is 0 Å². The lowest BCUT2D eigenvalue weighted by molar-refractivity contribution is 0.581. The molecule has 0 fully saturated rings. The lowest BCUT2D eigenvalue weighted by Crippen LogP contribution is -2.24. The van der Waals surface area contributed by atoms with Crippen LogP contribution in [0.1, 0.15) is 19.0 Å². The fourth-order valence-electron chi connectivity index (χ4n) is 1.77. The maximum Gasteiger partial charge on any atom is 0.240 e. The molecule has 1 aromatic heterocycles. The van der Waals surface area contributed by atoms with Gasteiger partial charge in [-0.2, -0.15) is 0 Å². The van der Waals surface area contributed by atoms with E-state index in [1.165, 1.54) is 0 Å². The summed E-state index contributed by atoms with van der Waals surface area (Å²) in [6.45, 7) is 3.15. The SMILES string of the molecule is CCCNS(=O)(=O)c1ccc(NCCc2cscn2)cc1. The summed E-state index contributed by atoms with van der Waals surface area (Å²) >= 11 is 1.58. The molecule has 1 heterocycles. The van der Waals surface area contributed by atoms with Crippen molar-refractivity contribution in [3.05, 3.63) is 40.8 Å². The van der Waals surface area contributed by atoms with Crippen LogP contribution in [0.2, 0.25) is 0 Å². The van der Waals surface area contributed by atoms with E-state index in [0.717, 1.165) is 30.8 Å². The lowest BCUT2D eigenvalue weighted by atomic mass is 10.3. The molecule has 7 heteroatoms. The predicted octanol–water partition coefficient (Wildman–Crippen LogP) is 2.49. The number of rotatable bonds is 8. The number of thiazole rings is 1. The van der Waals surface area contributed by atoms with E-state index < -0.39 is 10.0 Å². The minimum absolute atomic E-state index is 0.293. The van der Waals surface area contributed by atoms with Gasteiger partial charge in [0.15, 0.2) is 0 Å². The number of benzene rings is 1. The van der Waals surface area contributed by atoms with Crippen molar-refractivity contribution in [3.63, 3.8) is 0 Å². The van der Waals surface area contributed by atoms with Crippen LogP contribution >= 0.6 is 11.3 Å². The number of aromatic nitrogens is 1. The molecule has 21 heavy (non-hydrogen) atoms. The maximum atomic E-state index is 11.9. The molecule has 0 aliphatic carbocycles. The normalized spacial score (nSPS) is 11.5. The van der Waals surface area contributed by atoms with Crippen LogP contribution in [0.5, 0.6) is 0 Å². The quantitative estimate of drug-likeness (QED) is 0.782. The monoisotopic (exact) mass is 325 g/mol. The second-order valence-corrected chi connectivity index (χ2v) is 7.06. The third kappa shape index (κ3) is 4.80. The summed E-state index contributed by atoms with van der Waals surface area (Å²) in [7, 11) is -3.38. The first-order valence-electron chi connectivity index (χ1n) is 6.82. The van der Waals surface area contributed by atoms with Crippen LogP contribution in [0.15, 0.2) is 40.1 Å². The molecule has 0 unspecified atom stereocenters. The molecule has 114 valence electrons. The van der Waals surface area contributed by atoms with Crippen molar-refractivity contribution < 1.29 is 8.42 Å². The van der Waals surface area contributed by atoms with Gasteiger partial charge < -0.3 is 5.32 Å². The Bertz CT molecular complexity index is 637. The zero-order valence-electron chi connectivity index (χ0n) is 11.9. The third-order valence-electron chi connectivity index (χ3n) is 2.90. The van der Waals surface area contributed by atoms with Gasteiger partial charge in [0.25, 0.3) is 0 Å². The minimum Gasteiger partial charge on any atom is -0.385 e. The third-order valence-corrected chi connectivity index (χ3v) is 5.01. The number of hydrogen-bond acceptors (Lipinski definition) is 5. The topological polar surface area (TPSA) is 71.1 Å². The van der Waals surface area contributed by atoms with Gasteiger partial charge >= 0.3 is 0 Å². The highest BCUT2D eigenvalue weighted by atomic mass is 32.2. The molecule has 0 saturated heterocycles. The van der Waals surface area contributed by atoms with Gasteiger partial charge in [0.2, 0.25) is 10.0 Å². The maximum absolute atomic E-state index is 11.9. The van der Waals surface area contributed by atoms with Gasteiger partial charge in [-0.15, -0.1) is 11.3 Å². The first-order chi connectivity index (χ1) is 10.1. The van der Waals surface area contributed by atoms with Gasteiger partial charge in [-0.25, -0.2) is 18.1 Å². The van der Waals surface area contributed by atoms with Crippen molar-refractivity contribution in [2.75, 3.05) is 18.4 Å². The molecule has 0 radical (unpaired) electrons. The van der Waals surface area contributed by atoms with E-state index in [1.807, 2.05) is 17.8 Å². The predicted molar refractivity (Wildman–Crippen MR) is 86.2 cm³/mol. The van der Waals surface area contributed by atoms with E-state index in [4.69, 9.17) is 0 Å². The summed E-state index contributed by atoms with van der Waals surface area (Å²) in [6.07, 6.45) is 1.62. The summed E-state index contributed by atoms with van der Waals surface area (Å²) in [5.41, 5.74) is 3.79. The Morgan fingerprint density at radius 3 is 2.57 bits per heavy atom. The molecule has 0 amide bonds. The summed E-state index contributed by atoms with van der Waals surface area (Å²) in [5, 5.41) is 5.28. The van der Waals surface area contributed by atoms with E-state index in [2.05, 4.69) is 15.0 Å². The number of anilines is 1. The molecule has 0 aliphatic heterocycles. The number of hydrogen-bond donors (Lipinski definition) is 2. The van der Waals surface area contributed by atoms with Gasteiger partial charge in [0.1, 0.15) is 0 Å². The molecule has 2 N–H and O–H groups in total. The summed E-state index contributed by atoms with van der Waals surface area (Å²) in [6, 6.07) is 6.79. The van der Waals surface area contributed by atoms with Gasteiger partial charge in [-0.3, -0.25) is 0 Å². The molecule has 0 atom stereocenters. The van der Waals surface area contributed by atoms with E-state index in [0.29, 0.717) is 11.4 Å². The molecule has 1 aromatic carbocycles. The van der Waals surface area contributed by atoms with Gasteiger partial charge in [0.05, 0.1) is 16.1 Å². The highest BCUT2D eigenvalue weighted by molar-refractivity contribution is 7.89. The molecule has 0 spiro atoms. The standard InChI is InChI=1S/C14H19N3O2S2/c1-2-8-17-21(18,19)14-5-3-12(4-6-14)15-9-7-13-10-20-11-16-13/h3-6,10-11,15,17H,2,7-9H2,1H3. The van der Waals surface area contributed by atoms with Crippen LogP contribution in [-0.4, -0.2) is 26.5 Å². The van der Waals surface area contributed by atoms with Crippen LogP contribution in [0, 0.1) is 0 Å². The second-order valence-electron chi connectivity index (χ2n) is 4.58. The van der Waals surface area contributed by atoms with Crippen LogP contribution in [0.3, 0.4) is 0 Å². The Morgan fingerprint density at radius 1 is 1.19 bits per heavy atom. The minimum atomic E-state index is -3.38. The highest BCUT2D eigenvalue weighted by Crippen LogP contribution is 2.14. The average molecular weight is 325 g/mol.